The molecule has 7 nitrogen and oxygen atoms in total. The van der Waals surface area contributed by atoms with Gasteiger partial charge in [0.2, 0.25) is 5.91 Å². The molecule has 1 aliphatic heterocycles. The maximum absolute atomic E-state index is 13.5. The molecule has 11 heteroatoms. The van der Waals surface area contributed by atoms with Crippen LogP contribution in [-0.2, 0) is 23.0 Å². The highest BCUT2D eigenvalue weighted by Gasteiger charge is 2.33. The van der Waals surface area contributed by atoms with E-state index in [1.54, 1.807) is 34.6 Å². The van der Waals surface area contributed by atoms with Gasteiger partial charge in [0.05, 0.1) is 6.54 Å². The van der Waals surface area contributed by atoms with Gasteiger partial charge < -0.3 is 10.2 Å². The van der Waals surface area contributed by atoms with Gasteiger partial charge in [-0.1, -0.05) is 37.8 Å². The van der Waals surface area contributed by atoms with Crippen LogP contribution in [-0.4, -0.2) is 49.2 Å². The van der Waals surface area contributed by atoms with E-state index in [1.165, 1.54) is 30.6 Å². The molecule has 0 atom stereocenters. The Morgan fingerprint density at radius 3 is 2.59 bits per heavy atom. The molecule has 0 aliphatic carbocycles. The van der Waals surface area contributed by atoms with Crippen LogP contribution in [0.25, 0.3) is 0 Å². The molecule has 1 fully saturated rings. The lowest BCUT2D eigenvalue weighted by molar-refractivity contribution is 0.0999. The Labute approximate surface area is 248 Å². The van der Waals surface area contributed by atoms with Crippen LogP contribution >= 0.6 is 38.9 Å². The van der Waals surface area contributed by atoms with Gasteiger partial charge in [0, 0.05) is 41.0 Å². The minimum absolute atomic E-state index is 0.302. The van der Waals surface area contributed by atoms with Crippen molar-refractivity contribution in [2.45, 2.75) is 68.7 Å². The van der Waals surface area contributed by atoms with Gasteiger partial charge in [0.1, 0.15) is 9.97 Å². The van der Waals surface area contributed by atoms with E-state index in [-0.39, 0.29) is 0 Å². The van der Waals surface area contributed by atoms with Crippen LogP contribution < -0.4 is 5.73 Å². The van der Waals surface area contributed by atoms with Crippen molar-refractivity contribution in [3.8, 4) is 0 Å². The molecular weight excluding hydrogens is 622 g/mol. The number of benzene rings is 1. The number of hydrogen-bond donors (Lipinski definition) is 1. The zero-order valence-electron chi connectivity index (χ0n) is 22.1. The standard InChI is InChI=1S/C28H35BrClN3O4S2/c1-2-3-4-5-14-32(19-23-7-10-26(29)37-23)22-12-15-33(16-13-22)39(35,36)27-11-8-24(38-27)18-20-17-21(30)6-9-25(20)28(31)34/h6-11,17,22H,2-5,12-16,18-19H2,1H3,(H2,31,34). The number of carbonyl (C=O) groups is 1. The lowest BCUT2D eigenvalue weighted by atomic mass is 10.0. The number of thiophene rings is 1. The Kier molecular flexibility index (Phi) is 10.7. The molecule has 3 heterocycles. The summed E-state index contributed by atoms with van der Waals surface area (Å²) >= 11 is 10.7. The van der Waals surface area contributed by atoms with Crippen LogP contribution in [0, 0.1) is 0 Å². The smallest absolute Gasteiger partial charge is 0.252 e. The van der Waals surface area contributed by atoms with E-state index in [0.29, 0.717) is 45.9 Å². The summed E-state index contributed by atoms with van der Waals surface area (Å²) in [5.74, 6) is 0.380. The first kappa shape index (κ1) is 30.3. The first-order chi connectivity index (χ1) is 18.7. The van der Waals surface area contributed by atoms with Crippen LogP contribution in [0.5, 0.6) is 0 Å². The number of nitrogens with two attached hydrogens (primary N) is 1. The van der Waals surface area contributed by atoms with Crippen LogP contribution in [0.3, 0.4) is 0 Å². The van der Waals surface area contributed by atoms with Crippen molar-refractivity contribution in [1.29, 1.82) is 0 Å². The highest BCUT2D eigenvalue weighted by atomic mass is 79.9. The molecule has 0 spiro atoms. The number of unbranched alkanes of at least 4 members (excludes halogenated alkanes) is 3. The average molecular weight is 657 g/mol. The van der Waals surface area contributed by atoms with E-state index in [4.69, 9.17) is 21.8 Å². The van der Waals surface area contributed by atoms with E-state index in [1.807, 2.05) is 12.1 Å². The van der Waals surface area contributed by atoms with Gasteiger partial charge in [-0.05, 0) is 89.8 Å². The number of furan rings is 1. The van der Waals surface area contributed by atoms with Gasteiger partial charge in [-0.25, -0.2) is 8.42 Å². The fourth-order valence-corrected chi connectivity index (χ4v) is 8.61. The molecule has 0 bridgehead atoms. The monoisotopic (exact) mass is 655 g/mol. The van der Waals surface area contributed by atoms with E-state index in [0.717, 1.165) is 47.7 Å². The van der Waals surface area contributed by atoms with Crippen molar-refractivity contribution >= 4 is 54.8 Å². The Morgan fingerprint density at radius 1 is 1.15 bits per heavy atom. The van der Waals surface area contributed by atoms with Crippen LogP contribution in [0.1, 0.15) is 72.0 Å². The molecular formula is C28H35BrClN3O4S2. The van der Waals surface area contributed by atoms with Gasteiger partial charge in [-0.15, -0.1) is 11.3 Å². The van der Waals surface area contributed by atoms with E-state index < -0.39 is 15.9 Å². The summed E-state index contributed by atoms with van der Waals surface area (Å²) in [4.78, 5) is 15.1. The summed E-state index contributed by atoms with van der Waals surface area (Å²) in [5, 5.41) is 0.501. The molecule has 212 valence electrons. The van der Waals surface area contributed by atoms with Crippen molar-refractivity contribution < 1.29 is 17.6 Å². The van der Waals surface area contributed by atoms with E-state index >= 15 is 0 Å². The lowest BCUT2D eigenvalue weighted by Gasteiger charge is -2.37. The van der Waals surface area contributed by atoms with Crippen LogP contribution in [0.4, 0.5) is 0 Å². The van der Waals surface area contributed by atoms with Crippen molar-refractivity contribution in [2.75, 3.05) is 19.6 Å². The predicted octanol–water partition coefficient (Wildman–Crippen LogP) is 6.68. The maximum atomic E-state index is 13.5. The predicted molar refractivity (Wildman–Crippen MR) is 160 cm³/mol. The number of nitrogens with zero attached hydrogens (tertiary/aromatic N) is 2. The summed E-state index contributed by atoms with van der Waals surface area (Å²) in [6.45, 7) is 4.86. The Hall–Kier alpha value is -1.69. The minimum atomic E-state index is -3.61. The third kappa shape index (κ3) is 7.95. The molecule has 1 saturated heterocycles. The molecule has 0 unspecified atom stereocenters. The SMILES string of the molecule is CCCCCCN(Cc1ccc(Br)o1)C1CCN(S(=O)(=O)c2ccc(Cc3cc(Cl)ccc3C(N)=O)s2)CC1. The second-order valence-electron chi connectivity index (χ2n) is 9.94. The molecule has 1 aromatic carbocycles. The molecule has 4 rings (SSSR count). The minimum Gasteiger partial charge on any atom is -0.453 e. The number of rotatable bonds is 13. The Balaban J connectivity index is 1.40. The number of piperidine rings is 1. The quantitative estimate of drug-likeness (QED) is 0.207. The zero-order chi connectivity index (χ0) is 28.0. The highest BCUT2D eigenvalue weighted by Crippen LogP contribution is 2.31. The summed E-state index contributed by atoms with van der Waals surface area (Å²) in [6.07, 6.45) is 6.67. The second kappa shape index (κ2) is 13.8. The fourth-order valence-electron chi connectivity index (χ4n) is 5.07. The largest absolute Gasteiger partial charge is 0.453 e. The first-order valence-corrected chi connectivity index (χ1v) is 16.8. The molecule has 0 radical (unpaired) electrons. The molecule has 2 aromatic heterocycles. The summed E-state index contributed by atoms with van der Waals surface area (Å²) in [7, 11) is -3.61. The van der Waals surface area contributed by atoms with Crippen LogP contribution in [0.15, 0.2) is 55.8 Å². The van der Waals surface area contributed by atoms with Gasteiger partial charge in [0.25, 0.3) is 10.0 Å². The molecule has 39 heavy (non-hydrogen) atoms. The third-order valence-electron chi connectivity index (χ3n) is 7.16. The molecule has 3 aromatic rings. The summed E-state index contributed by atoms with van der Waals surface area (Å²) in [5.41, 5.74) is 6.59. The van der Waals surface area contributed by atoms with Gasteiger partial charge in [-0.2, -0.15) is 4.31 Å². The molecule has 1 aliphatic rings. The maximum Gasteiger partial charge on any atom is 0.252 e. The average Bonchev–Trinajstić information content (AvgIpc) is 3.55. The number of hydrogen-bond acceptors (Lipinski definition) is 6. The topological polar surface area (TPSA) is 96.8 Å². The van der Waals surface area contributed by atoms with E-state index in [2.05, 4.69) is 27.8 Å². The normalized spacial score (nSPS) is 15.3. The van der Waals surface area contributed by atoms with Gasteiger partial charge in [-0.3, -0.25) is 9.69 Å². The van der Waals surface area contributed by atoms with Crippen molar-refractivity contribution in [1.82, 2.24) is 9.21 Å². The highest BCUT2D eigenvalue weighted by molar-refractivity contribution is 9.10. The van der Waals surface area contributed by atoms with E-state index in [9.17, 15) is 13.2 Å². The molecule has 0 saturated carbocycles. The lowest BCUT2D eigenvalue weighted by Crippen LogP contribution is -2.46. The summed E-state index contributed by atoms with van der Waals surface area (Å²) in [6, 6.07) is 12.6. The number of sulfonamides is 1. The summed E-state index contributed by atoms with van der Waals surface area (Å²) < 4.78 is 35.4. The second-order valence-corrected chi connectivity index (χ2v) is 14.5. The number of carbonyl (C=O) groups excluding carboxylic acids is 1. The Bertz CT molecular complexity index is 1370. The van der Waals surface area contributed by atoms with Gasteiger partial charge >= 0.3 is 0 Å². The Morgan fingerprint density at radius 2 is 1.92 bits per heavy atom. The number of halogens is 2. The van der Waals surface area contributed by atoms with Crippen molar-refractivity contribution in [3.63, 3.8) is 0 Å². The molecule has 2 N–H and O–H groups in total. The van der Waals surface area contributed by atoms with Crippen LogP contribution in [0.2, 0.25) is 5.02 Å². The van der Waals surface area contributed by atoms with Crippen molar-refractivity contribution in [3.05, 3.63) is 73.9 Å². The fraction of sp³-hybridized carbons (Fsp3) is 0.464. The van der Waals surface area contributed by atoms with Crippen molar-refractivity contribution in [2.24, 2.45) is 5.73 Å². The van der Waals surface area contributed by atoms with Gasteiger partial charge in [0.15, 0.2) is 4.67 Å². The third-order valence-corrected chi connectivity index (χ3v) is 11.3. The number of primary amides is 1. The first-order valence-electron chi connectivity index (χ1n) is 13.3. The zero-order valence-corrected chi connectivity index (χ0v) is 26.0. The number of amides is 1. The molecule has 1 amide bonds.